The van der Waals surface area contributed by atoms with E-state index in [9.17, 15) is 0 Å². The first-order valence-electron chi connectivity index (χ1n) is 7.69. The van der Waals surface area contributed by atoms with Gasteiger partial charge in [-0.05, 0) is 42.2 Å². The molecule has 0 unspecified atom stereocenters. The SMILES string of the molecule is CC(C)(C)c1cccc2c(N)c3c(nc12)CCCCC3. The van der Waals surface area contributed by atoms with Crippen molar-refractivity contribution < 1.29 is 0 Å². The Morgan fingerprint density at radius 1 is 1.05 bits per heavy atom. The van der Waals surface area contributed by atoms with E-state index in [1.165, 1.54) is 36.1 Å². The van der Waals surface area contributed by atoms with Crippen molar-refractivity contribution in [2.45, 2.75) is 58.3 Å². The van der Waals surface area contributed by atoms with Gasteiger partial charge >= 0.3 is 0 Å². The summed E-state index contributed by atoms with van der Waals surface area (Å²) in [6.45, 7) is 6.72. The lowest BCUT2D eigenvalue weighted by Gasteiger charge is -2.22. The molecule has 0 radical (unpaired) electrons. The van der Waals surface area contributed by atoms with Crippen molar-refractivity contribution in [3.63, 3.8) is 0 Å². The van der Waals surface area contributed by atoms with Crippen molar-refractivity contribution >= 4 is 16.6 Å². The number of anilines is 1. The first-order chi connectivity index (χ1) is 9.48. The molecule has 20 heavy (non-hydrogen) atoms. The zero-order chi connectivity index (χ0) is 14.3. The average molecular weight is 268 g/mol. The van der Waals surface area contributed by atoms with E-state index < -0.39 is 0 Å². The molecule has 2 N–H and O–H groups in total. The summed E-state index contributed by atoms with van der Waals surface area (Å²) in [5, 5.41) is 1.14. The maximum atomic E-state index is 6.48. The van der Waals surface area contributed by atoms with Crippen molar-refractivity contribution in [1.82, 2.24) is 4.98 Å². The Morgan fingerprint density at radius 2 is 1.80 bits per heavy atom. The molecule has 1 aromatic heterocycles. The monoisotopic (exact) mass is 268 g/mol. The molecular weight excluding hydrogens is 244 g/mol. The van der Waals surface area contributed by atoms with Crippen LogP contribution in [-0.4, -0.2) is 4.98 Å². The Labute approximate surface area is 121 Å². The highest BCUT2D eigenvalue weighted by Gasteiger charge is 2.21. The zero-order valence-corrected chi connectivity index (χ0v) is 12.8. The number of hydrogen-bond acceptors (Lipinski definition) is 2. The predicted molar refractivity (Wildman–Crippen MR) is 86.1 cm³/mol. The number of nitrogen functional groups attached to an aromatic ring is 1. The van der Waals surface area contributed by atoms with Crippen LogP contribution in [0.15, 0.2) is 18.2 Å². The molecule has 0 atom stereocenters. The summed E-state index contributed by atoms with van der Waals surface area (Å²) >= 11 is 0. The first-order valence-corrected chi connectivity index (χ1v) is 7.69. The van der Waals surface area contributed by atoms with Gasteiger partial charge in [0, 0.05) is 16.8 Å². The van der Waals surface area contributed by atoms with Gasteiger partial charge in [0.25, 0.3) is 0 Å². The van der Waals surface area contributed by atoms with Crippen LogP contribution < -0.4 is 5.73 Å². The second-order valence-corrected chi connectivity index (χ2v) is 6.96. The predicted octanol–water partition coefficient (Wildman–Crippen LogP) is 4.38. The van der Waals surface area contributed by atoms with Crippen LogP contribution in [0.1, 0.15) is 56.9 Å². The van der Waals surface area contributed by atoms with Crippen molar-refractivity contribution in [2.75, 3.05) is 5.73 Å². The van der Waals surface area contributed by atoms with Crippen LogP contribution in [0.3, 0.4) is 0 Å². The van der Waals surface area contributed by atoms with Gasteiger partial charge in [0.05, 0.1) is 5.52 Å². The molecule has 0 bridgehead atoms. The number of para-hydroxylation sites is 1. The Bertz CT molecular complexity index is 650. The van der Waals surface area contributed by atoms with Crippen molar-refractivity contribution in [3.05, 3.63) is 35.0 Å². The number of aromatic nitrogens is 1. The number of hydrogen-bond donors (Lipinski definition) is 1. The van der Waals surface area contributed by atoms with Crippen molar-refractivity contribution in [3.8, 4) is 0 Å². The second-order valence-electron chi connectivity index (χ2n) is 6.96. The van der Waals surface area contributed by atoms with Crippen LogP contribution in [-0.2, 0) is 18.3 Å². The second kappa shape index (κ2) is 4.76. The van der Waals surface area contributed by atoms with Gasteiger partial charge in [0.15, 0.2) is 0 Å². The first kappa shape index (κ1) is 13.4. The fourth-order valence-corrected chi connectivity index (χ4v) is 3.26. The molecule has 2 aromatic rings. The third kappa shape index (κ3) is 2.17. The molecule has 3 rings (SSSR count). The molecule has 2 heteroatoms. The fourth-order valence-electron chi connectivity index (χ4n) is 3.26. The van der Waals surface area contributed by atoms with E-state index in [4.69, 9.17) is 10.7 Å². The van der Waals surface area contributed by atoms with E-state index in [-0.39, 0.29) is 5.41 Å². The molecule has 0 saturated heterocycles. The van der Waals surface area contributed by atoms with Gasteiger partial charge in [-0.15, -0.1) is 0 Å². The lowest BCUT2D eigenvalue weighted by atomic mass is 9.84. The van der Waals surface area contributed by atoms with Crippen LogP contribution in [0.5, 0.6) is 0 Å². The minimum Gasteiger partial charge on any atom is -0.398 e. The summed E-state index contributed by atoms with van der Waals surface area (Å²) in [4.78, 5) is 5.02. The summed E-state index contributed by atoms with van der Waals surface area (Å²) in [7, 11) is 0. The Balaban J connectivity index is 2.32. The maximum absolute atomic E-state index is 6.48. The van der Waals surface area contributed by atoms with Crippen LogP contribution in [0, 0.1) is 0 Å². The highest BCUT2D eigenvalue weighted by molar-refractivity contribution is 5.94. The molecule has 0 amide bonds. The zero-order valence-electron chi connectivity index (χ0n) is 12.8. The number of nitrogens with two attached hydrogens (primary N) is 1. The molecule has 0 aliphatic heterocycles. The third-order valence-corrected chi connectivity index (χ3v) is 4.39. The fraction of sp³-hybridized carbons (Fsp3) is 0.500. The summed E-state index contributed by atoms with van der Waals surface area (Å²) in [5.74, 6) is 0. The molecule has 0 spiro atoms. The number of aryl methyl sites for hydroxylation is 1. The minimum absolute atomic E-state index is 0.0952. The number of rotatable bonds is 0. The van der Waals surface area contributed by atoms with Gasteiger partial charge in [0.1, 0.15) is 0 Å². The summed E-state index contributed by atoms with van der Waals surface area (Å²) < 4.78 is 0. The van der Waals surface area contributed by atoms with Crippen molar-refractivity contribution in [2.24, 2.45) is 0 Å². The molecule has 0 saturated carbocycles. The third-order valence-electron chi connectivity index (χ3n) is 4.39. The van der Waals surface area contributed by atoms with E-state index in [1.54, 1.807) is 0 Å². The molecular formula is C18H24N2. The lowest BCUT2D eigenvalue weighted by molar-refractivity contribution is 0.594. The highest BCUT2D eigenvalue weighted by Crippen LogP contribution is 2.35. The highest BCUT2D eigenvalue weighted by atomic mass is 14.7. The quantitative estimate of drug-likeness (QED) is 0.720. The number of pyridine rings is 1. The summed E-state index contributed by atoms with van der Waals surface area (Å²) in [6, 6.07) is 6.43. The Kier molecular flexibility index (Phi) is 3.19. The molecule has 1 aliphatic rings. The van der Waals surface area contributed by atoms with E-state index in [0.29, 0.717) is 0 Å². The molecule has 106 valence electrons. The van der Waals surface area contributed by atoms with Gasteiger partial charge < -0.3 is 5.73 Å². The van der Waals surface area contributed by atoms with E-state index in [1.807, 2.05) is 0 Å². The smallest absolute Gasteiger partial charge is 0.0763 e. The van der Waals surface area contributed by atoms with Crippen LogP contribution in [0.2, 0.25) is 0 Å². The number of fused-ring (bicyclic) bond motifs is 2. The maximum Gasteiger partial charge on any atom is 0.0763 e. The normalized spacial score (nSPS) is 15.9. The Hall–Kier alpha value is -1.57. The lowest BCUT2D eigenvalue weighted by Crippen LogP contribution is -2.13. The van der Waals surface area contributed by atoms with E-state index in [0.717, 1.165) is 29.4 Å². The number of benzene rings is 1. The largest absolute Gasteiger partial charge is 0.398 e. The van der Waals surface area contributed by atoms with Gasteiger partial charge in [-0.2, -0.15) is 0 Å². The van der Waals surface area contributed by atoms with Crippen LogP contribution in [0.4, 0.5) is 5.69 Å². The van der Waals surface area contributed by atoms with Gasteiger partial charge in [0.2, 0.25) is 0 Å². The average Bonchev–Trinajstić information content (AvgIpc) is 2.63. The van der Waals surface area contributed by atoms with Crippen molar-refractivity contribution in [1.29, 1.82) is 0 Å². The van der Waals surface area contributed by atoms with Gasteiger partial charge in [-0.1, -0.05) is 45.4 Å². The standard InChI is InChI=1S/C18H24N2/c1-18(2,3)14-10-7-9-13-16(19)12-8-5-4-6-11-15(12)20-17(13)14/h7,9-10H,4-6,8,11H2,1-3H3,(H2,19,20). The molecule has 0 fully saturated rings. The van der Waals surface area contributed by atoms with Gasteiger partial charge in [-0.25, -0.2) is 0 Å². The molecule has 1 aromatic carbocycles. The van der Waals surface area contributed by atoms with E-state index >= 15 is 0 Å². The molecule has 1 aliphatic carbocycles. The molecule has 2 nitrogen and oxygen atoms in total. The van der Waals surface area contributed by atoms with Gasteiger partial charge in [-0.3, -0.25) is 4.98 Å². The molecule has 1 heterocycles. The number of nitrogens with zero attached hydrogens (tertiary/aromatic N) is 1. The minimum atomic E-state index is 0.0952. The van der Waals surface area contributed by atoms with E-state index in [2.05, 4.69) is 39.0 Å². The topological polar surface area (TPSA) is 38.9 Å². The Morgan fingerprint density at radius 3 is 2.55 bits per heavy atom. The summed E-state index contributed by atoms with van der Waals surface area (Å²) in [6.07, 6.45) is 5.93. The summed E-state index contributed by atoms with van der Waals surface area (Å²) in [5.41, 5.74) is 12.5. The van der Waals surface area contributed by atoms with Crippen LogP contribution in [0.25, 0.3) is 10.9 Å². The van der Waals surface area contributed by atoms with Crippen LogP contribution >= 0.6 is 0 Å².